The average Bonchev–Trinajstić information content (AvgIpc) is 2.72. The largest absolute Gasteiger partial charge is 0.444 e. The van der Waals surface area contributed by atoms with Crippen LogP contribution in [0.25, 0.3) is 0 Å². The Morgan fingerprint density at radius 2 is 2.04 bits per heavy atom. The van der Waals surface area contributed by atoms with Crippen molar-refractivity contribution in [3.63, 3.8) is 0 Å². The van der Waals surface area contributed by atoms with E-state index >= 15 is 0 Å². The fourth-order valence-electron chi connectivity index (χ4n) is 2.80. The molecule has 1 aliphatic rings. The normalized spacial score (nSPS) is 20.4. The number of hydrogen-bond donors (Lipinski definition) is 0. The lowest BCUT2D eigenvalue weighted by Gasteiger charge is -2.35. The van der Waals surface area contributed by atoms with Gasteiger partial charge in [-0.25, -0.2) is 4.79 Å². The summed E-state index contributed by atoms with van der Waals surface area (Å²) in [6, 6.07) is 7.24. The molecule has 0 saturated carbocycles. The Labute approximate surface area is 137 Å². The van der Waals surface area contributed by atoms with Gasteiger partial charge in [0, 0.05) is 5.56 Å². The number of carbonyl (C=O) groups excluding carboxylic acids is 2. The summed E-state index contributed by atoms with van der Waals surface area (Å²) in [6.07, 6.45) is 1.000. The molecule has 1 atom stereocenters. The molecule has 0 N–H and O–H groups in total. The van der Waals surface area contributed by atoms with Crippen molar-refractivity contribution in [2.45, 2.75) is 58.4 Å². The molecule has 0 aromatic heterocycles. The summed E-state index contributed by atoms with van der Waals surface area (Å²) in [5.41, 5.74) is 0.244. The lowest BCUT2D eigenvalue weighted by molar-refractivity contribution is -0.0624. The lowest BCUT2D eigenvalue weighted by atomic mass is 10.0. The first kappa shape index (κ1) is 17.5. The molecule has 1 heterocycles. The van der Waals surface area contributed by atoms with Gasteiger partial charge in [0.15, 0.2) is 0 Å². The Balaban J connectivity index is 2.23. The van der Waals surface area contributed by atoms with Crippen molar-refractivity contribution in [1.29, 1.82) is 0 Å². The Bertz CT molecular complexity index is 589. The zero-order valence-corrected chi connectivity index (χ0v) is 14.5. The molecule has 2 rings (SSSR count). The molecule has 1 saturated heterocycles. The predicted molar refractivity (Wildman–Crippen MR) is 87.4 cm³/mol. The van der Waals surface area contributed by atoms with Crippen LogP contribution < -0.4 is 0 Å². The van der Waals surface area contributed by atoms with E-state index in [1.165, 1.54) is 0 Å². The van der Waals surface area contributed by atoms with Gasteiger partial charge in [0.2, 0.25) is 0 Å². The van der Waals surface area contributed by atoms with Gasteiger partial charge in [-0.2, -0.15) is 0 Å². The standard InChI is InChI=1S/C18H25NO4/c1-17(2,3)23-16(21)19-15(12-22-18(19,4)5)10-13-8-6-7-9-14(13)11-20/h6-9,11,15H,10,12H2,1-5H3. The van der Waals surface area contributed by atoms with Crippen molar-refractivity contribution in [3.05, 3.63) is 35.4 Å². The first-order valence-electron chi connectivity index (χ1n) is 7.83. The van der Waals surface area contributed by atoms with Crippen LogP contribution in [0.15, 0.2) is 24.3 Å². The van der Waals surface area contributed by atoms with Crippen LogP contribution in [0.1, 0.15) is 50.5 Å². The second-order valence-corrected chi connectivity index (χ2v) is 7.28. The number of nitrogens with zero attached hydrogens (tertiary/aromatic N) is 1. The summed E-state index contributed by atoms with van der Waals surface area (Å²) < 4.78 is 11.3. The molecular weight excluding hydrogens is 294 g/mol. The monoisotopic (exact) mass is 319 g/mol. The molecule has 0 radical (unpaired) electrons. The third-order valence-corrected chi connectivity index (χ3v) is 3.80. The SMILES string of the molecule is CC(C)(C)OC(=O)N1C(Cc2ccccc2C=O)COC1(C)C. The quantitative estimate of drug-likeness (QED) is 0.801. The highest BCUT2D eigenvalue weighted by molar-refractivity contribution is 5.77. The Morgan fingerprint density at radius 1 is 1.39 bits per heavy atom. The fourth-order valence-corrected chi connectivity index (χ4v) is 2.80. The van der Waals surface area contributed by atoms with Crippen molar-refractivity contribution in [1.82, 2.24) is 4.90 Å². The number of ether oxygens (including phenoxy) is 2. The maximum absolute atomic E-state index is 12.6. The van der Waals surface area contributed by atoms with Crippen molar-refractivity contribution >= 4 is 12.4 Å². The van der Waals surface area contributed by atoms with Crippen molar-refractivity contribution < 1.29 is 19.1 Å². The first-order chi connectivity index (χ1) is 10.6. The van der Waals surface area contributed by atoms with E-state index in [-0.39, 0.29) is 6.04 Å². The smallest absolute Gasteiger partial charge is 0.412 e. The summed E-state index contributed by atoms with van der Waals surface area (Å²) in [6.45, 7) is 9.63. The Morgan fingerprint density at radius 3 is 2.65 bits per heavy atom. The van der Waals surface area contributed by atoms with E-state index in [0.717, 1.165) is 11.8 Å². The highest BCUT2D eigenvalue weighted by Gasteiger charge is 2.45. The lowest BCUT2D eigenvalue weighted by Crippen LogP contribution is -2.50. The van der Waals surface area contributed by atoms with E-state index in [1.807, 2.05) is 52.8 Å². The van der Waals surface area contributed by atoms with E-state index in [4.69, 9.17) is 9.47 Å². The molecule has 0 spiro atoms. The number of carbonyl (C=O) groups is 2. The molecule has 1 aromatic rings. The van der Waals surface area contributed by atoms with Gasteiger partial charge in [0.05, 0.1) is 12.6 Å². The molecule has 1 aromatic carbocycles. The van der Waals surface area contributed by atoms with Gasteiger partial charge in [0.1, 0.15) is 17.6 Å². The van der Waals surface area contributed by atoms with Crippen LogP contribution >= 0.6 is 0 Å². The molecule has 1 fully saturated rings. The number of aldehydes is 1. The van der Waals surface area contributed by atoms with Crippen molar-refractivity contribution in [2.24, 2.45) is 0 Å². The highest BCUT2D eigenvalue weighted by atomic mass is 16.6. The number of rotatable bonds is 3. The van der Waals surface area contributed by atoms with E-state index < -0.39 is 17.4 Å². The number of amides is 1. The third kappa shape index (κ3) is 4.10. The summed E-state index contributed by atoms with van der Waals surface area (Å²) >= 11 is 0. The van der Waals surface area contributed by atoms with Crippen LogP contribution in [0, 0.1) is 0 Å². The van der Waals surface area contributed by atoms with Crippen molar-refractivity contribution in [3.8, 4) is 0 Å². The molecule has 1 aliphatic heterocycles. The van der Waals surface area contributed by atoms with Crippen LogP contribution in [-0.4, -0.2) is 41.3 Å². The van der Waals surface area contributed by atoms with E-state index in [0.29, 0.717) is 18.6 Å². The van der Waals surface area contributed by atoms with Gasteiger partial charge >= 0.3 is 6.09 Å². The Hall–Kier alpha value is -1.88. The van der Waals surface area contributed by atoms with Gasteiger partial charge in [-0.05, 0) is 46.6 Å². The maximum atomic E-state index is 12.6. The van der Waals surface area contributed by atoms with Gasteiger partial charge in [-0.3, -0.25) is 9.69 Å². The van der Waals surface area contributed by atoms with Crippen LogP contribution in [0.4, 0.5) is 4.79 Å². The average molecular weight is 319 g/mol. The summed E-state index contributed by atoms with van der Waals surface area (Å²) in [7, 11) is 0. The Kier molecular flexibility index (Phi) is 4.80. The fraction of sp³-hybridized carbons (Fsp3) is 0.556. The van der Waals surface area contributed by atoms with E-state index in [9.17, 15) is 9.59 Å². The zero-order chi connectivity index (χ0) is 17.3. The first-order valence-corrected chi connectivity index (χ1v) is 7.83. The number of benzene rings is 1. The predicted octanol–water partition coefficient (Wildman–Crippen LogP) is 3.41. The third-order valence-electron chi connectivity index (χ3n) is 3.80. The number of hydrogen-bond acceptors (Lipinski definition) is 4. The molecule has 0 aliphatic carbocycles. The second-order valence-electron chi connectivity index (χ2n) is 7.28. The van der Waals surface area contributed by atoms with E-state index in [1.54, 1.807) is 11.0 Å². The molecule has 5 heteroatoms. The minimum Gasteiger partial charge on any atom is -0.444 e. The van der Waals surface area contributed by atoms with Crippen molar-refractivity contribution in [2.75, 3.05) is 6.61 Å². The molecular formula is C18H25NO4. The molecule has 1 amide bonds. The summed E-state index contributed by atoms with van der Waals surface area (Å²) in [5.74, 6) is 0. The highest BCUT2D eigenvalue weighted by Crippen LogP contribution is 2.31. The minimum absolute atomic E-state index is 0.166. The van der Waals surface area contributed by atoms with Crippen LogP contribution in [-0.2, 0) is 15.9 Å². The zero-order valence-electron chi connectivity index (χ0n) is 14.5. The maximum Gasteiger partial charge on any atom is 0.412 e. The van der Waals surface area contributed by atoms with Gasteiger partial charge in [0.25, 0.3) is 0 Å². The molecule has 1 unspecified atom stereocenters. The summed E-state index contributed by atoms with van der Waals surface area (Å²) in [4.78, 5) is 25.4. The van der Waals surface area contributed by atoms with Gasteiger partial charge in [-0.15, -0.1) is 0 Å². The molecule has 126 valence electrons. The molecule has 23 heavy (non-hydrogen) atoms. The van der Waals surface area contributed by atoms with E-state index in [2.05, 4.69) is 0 Å². The second kappa shape index (κ2) is 6.32. The van der Waals surface area contributed by atoms with Gasteiger partial charge in [-0.1, -0.05) is 24.3 Å². The van der Waals surface area contributed by atoms with Crippen LogP contribution in [0.5, 0.6) is 0 Å². The minimum atomic E-state index is -0.733. The summed E-state index contributed by atoms with van der Waals surface area (Å²) in [5, 5.41) is 0. The molecule has 0 bridgehead atoms. The topological polar surface area (TPSA) is 55.8 Å². The molecule has 5 nitrogen and oxygen atoms in total. The van der Waals surface area contributed by atoms with Crippen LogP contribution in [0.3, 0.4) is 0 Å². The van der Waals surface area contributed by atoms with Gasteiger partial charge < -0.3 is 9.47 Å². The van der Waals surface area contributed by atoms with Crippen LogP contribution in [0.2, 0.25) is 0 Å².